The maximum Gasteiger partial charge on any atom is 0.243 e. The van der Waals surface area contributed by atoms with Crippen molar-refractivity contribution >= 4 is 51.5 Å². The van der Waals surface area contributed by atoms with E-state index < -0.39 is 0 Å². The first-order valence-electron chi connectivity index (χ1n) is 12.4. The number of hydrogen-bond acceptors (Lipinski definition) is 8. The molecule has 5 rings (SSSR count). The van der Waals surface area contributed by atoms with Gasteiger partial charge in [0.15, 0.2) is 0 Å². The van der Waals surface area contributed by atoms with Crippen molar-refractivity contribution in [3.8, 4) is 22.8 Å². The van der Waals surface area contributed by atoms with Gasteiger partial charge in [-0.15, -0.1) is 0 Å². The van der Waals surface area contributed by atoms with Gasteiger partial charge in [0.2, 0.25) is 5.91 Å². The van der Waals surface area contributed by atoms with E-state index in [0.29, 0.717) is 70.1 Å². The second-order valence-corrected chi connectivity index (χ2v) is 10.0. The molecular formula is C27H29Cl2N5O4. The summed E-state index contributed by atoms with van der Waals surface area (Å²) in [6.07, 6.45) is 5.89. The third kappa shape index (κ3) is 5.45. The van der Waals surface area contributed by atoms with Crippen LogP contribution in [0.15, 0.2) is 37.1 Å². The first-order chi connectivity index (χ1) is 18.4. The lowest BCUT2D eigenvalue weighted by Gasteiger charge is -2.32. The molecule has 3 heterocycles. The molecule has 2 aliphatic rings. The highest BCUT2D eigenvalue weighted by atomic mass is 35.5. The molecule has 11 heteroatoms. The van der Waals surface area contributed by atoms with Crippen molar-refractivity contribution in [1.82, 2.24) is 15.3 Å². The molecule has 0 spiro atoms. The molecule has 1 aromatic carbocycles. The van der Waals surface area contributed by atoms with Gasteiger partial charge in [-0.25, -0.2) is 9.97 Å². The highest BCUT2D eigenvalue weighted by Gasteiger charge is 2.28. The Labute approximate surface area is 230 Å². The number of benzene rings is 1. The van der Waals surface area contributed by atoms with E-state index in [1.54, 1.807) is 12.3 Å². The normalized spacial score (nSPS) is 19.1. The summed E-state index contributed by atoms with van der Waals surface area (Å²) in [4.78, 5) is 21.5. The third-order valence-electron chi connectivity index (χ3n) is 6.67. The Morgan fingerprint density at radius 3 is 2.47 bits per heavy atom. The number of hydrogen-bond donors (Lipinski definition) is 3. The number of nitrogens with zero attached hydrogens (tertiary/aromatic N) is 2. The number of anilines is 2. The average molecular weight is 558 g/mol. The molecule has 1 amide bonds. The van der Waals surface area contributed by atoms with Crippen molar-refractivity contribution in [2.24, 2.45) is 0 Å². The molecule has 0 bridgehead atoms. The van der Waals surface area contributed by atoms with E-state index in [1.807, 2.05) is 12.1 Å². The standard InChI is InChI=1S/C27H29Cl2N5O4/c1-4-23(35)33-17-7-8-38-13-19(17)32-22-10-16-14(12-30-22)9-18(34-27(16)31-15-5-6-15)24-25(28)20(36-2)11-21(37-3)26(24)29/h4,9-12,15,17,19H,1,5-8,13H2,2-3H3,(H,30,32)(H,31,34)(H,33,35)/t17-,19+/m0/s1. The zero-order chi connectivity index (χ0) is 26.8. The summed E-state index contributed by atoms with van der Waals surface area (Å²) in [5, 5.41) is 12.4. The highest BCUT2D eigenvalue weighted by Crippen LogP contribution is 2.46. The Hall–Kier alpha value is -3.27. The van der Waals surface area contributed by atoms with E-state index in [4.69, 9.17) is 42.4 Å². The lowest BCUT2D eigenvalue weighted by Crippen LogP contribution is -2.52. The monoisotopic (exact) mass is 557 g/mol. The van der Waals surface area contributed by atoms with Crippen LogP contribution in [0.3, 0.4) is 0 Å². The minimum Gasteiger partial charge on any atom is -0.495 e. The minimum atomic E-state index is -0.214. The number of pyridine rings is 2. The molecule has 1 saturated carbocycles. The van der Waals surface area contributed by atoms with Gasteiger partial charge >= 0.3 is 0 Å². The maximum atomic E-state index is 11.9. The summed E-state index contributed by atoms with van der Waals surface area (Å²) in [5.74, 6) is 2.02. The molecule has 2 fully saturated rings. The van der Waals surface area contributed by atoms with Crippen LogP contribution >= 0.6 is 23.2 Å². The van der Waals surface area contributed by atoms with Crippen LogP contribution in [0.5, 0.6) is 11.5 Å². The van der Waals surface area contributed by atoms with Crippen LogP contribution in [0.2, 0.25) is 10.0 Å². The van der Waals surface area contributed by atoms with Gasteiger partial charge in [0.1, 0.15) is 23.1 Å². The van der Waals surface area contributed by atoms with Crippen molar-refractivity contribution in [3.05, 3.63) is 47.1 Å². The Kier molecular flexibility index (Phi) is 7.78. The maximum absolute atomic E-state index is 11.9. The topological polar surface area (TPSA) is 107 Å². The molecule has 9 nitrogen and oxygen atoms in total. The summed E-state index contributed by atoms with van der Waals surface area (Å²) in [6.45, 7) is 4.57. The molecule has 3 N–H and O–H groups in total. The van der Waals surface area contributed by atoms with Gasteiger partial charge in [0.25, 0.3) is 0 Å². The summed E-state index contributed by atoms with van der Waals surface area (Å²) < 4.78 is 16.6. The number of carbonyl (C=O) groups is 1. The Morgan fingerprint density at radius 2 is 1.82 bits per heavy atom. The number of nitrogens with one attached hydrogen (secondary N) is 3. The predicted molar refractivity (Wildman–Crippen MR) is 150 cm³/mol. The number of aromatic nitrogens is 2. The van der Waals surface area contributed by atoms with E-state index in [9.17, 15) is 4.79 Å². The van der Waals surface area contributed by atoms with Crippen LogP contribution in [0.4, 0.5) is 11.6 Å². The van der Waals surface area contributed by atoms with Gasteiger partial charge in [-0.3, -0.25) is 4.79 Å². The molecule has 3 aromatic rings. The molecule has 0 radical (unpaired) electrons. The molecular weight excluding hydrogens is 529 g/mol. The fourth-order valence-electron chi connectivity index (χ4n) is 4.48. The Bertz CT molecular complexity index is 1350. The van der Waals surface area contributed by atoms with Crippen molar-refractivity contribution in [3.63, 3.8) is 0 Å². The van der Waals surface area contributed by atoms with E-state index >= 15 is 0 Å². The number of carbonyl (C=O) groups excluding carboxylic acids is 1. The summed E-state index contributed by atoms with van der Waals surface area (Å²) in [6, 6.07) is 5.59. The van der Waals surface area contributed by atoms with Crippen LogP contribution in [-0.4, -0.2) is 61.4 Å². The summed E-state index contributed by atoms with van der Waals surface area (Å²) >= 11 is 13.4. The number of amides is 1. The van der Waals surface area contributed by atoms with Crippen molar-refractivity contribution < 1.29 is 19.0 Å². The number of halogens is 2. The zero-order valence-electron chi connectivity index (χ0n) is 21.1. The van der Waals surface area contributed by atoms with Gasteiger partial charge in [-0.05, 0) is 37.5 Å². The lowest BCUT2D eigenvalue weighted by molar-refractivity contribution is -0.117. The van der Waals surface area contributed by atoms with Crippen LogP contribution in [0.25, 0.3) is 22.0 Å². The van der Waals surface area contributed by atoms with Crippen molar-refractivity contribution in [2.45, 2.75) is 37.4 Å². The van der Waals surface area contributed by atoms with Crippen LogP contribution in [-0.2, 0) is 9.53 Å². The average Bonchev–Trinajstić information content (AvgIpc) is 3.74. The quantitative estimate of drug-likeness (QED) is 0.313. The van der Waals surface area contributed by atoms with Gasteiger partial charge < -0.3 is 30.2 Å². The van der Waals surface area contributed by atoms with Crippen LogP contribution in [0.1, 0.15) is 19.3 Å². The number of ether oxygens (including phenoxy) is 3. The van der Waals surface area contributed by atoms with E-state index in [0.717, 1.165) is 23.6 Å². The van der Waals surface area contributed by atoms with E-state index in [1.165, 1.54) is 20.3 Å². The van der Waals surface area contributed by atoms with Crippen LogP contribution < -0.4 is 25.4 Å². The van der Waals surface area contributed by atoms with Crippen molar-refractivity contribution in [1.29, 1.82) is 0 Å². The van der Waals surface area contributed by atoms with Gasteiger partial charge in [-0.2, -0.15) is 0 Å². The van der Waals surface area contributed by atoms with Crippen LogP contribution in [0, 0.1) is 0 Å². The SMILES string of the molecule is C=CC(=O)N[C@H]1CCOC[C@H]1Nc1cc2c(NC3CC3)nc(-c3c(Cl)c(OC)cc(OC)c3Cl)cc2cn1. The van der Waals surface area contributed by atoms with Gasteiger partial charge in [-0.1, -0.05) is 29.8 Å². The smallest absolute Gasteiger partial charge is 0.243 e. The molecule has 2 atom stereocenters. The number of methoxy groups -OCH3 is 2. The lowest BCUT2D eigenvalue weighted by atomic mass is 10.0. The second kappa shape index (κ2) is 11.2. The zero-order valence-corrected chi connectivity index (χ0v) is 22.7. The second-order valence-electron chi connectivity index (χ2n) is 9.28. The summed E-state index contributed by atoms with van der Waals surface area (Å²) in [7, 11) is 3.07. The van der Waals surface area contributed by atoms with Crippen molar-refractivity contribution in [2.75, 3.05) is 38.1 Å². The molecule has 2 aromatic heterocycles. The Morgan fingerprint density at radius 1 is 1.08 bits per heavy atom. The van der Waals surface area contributed by atoms with Gasteiger partial charge in [0.05, 0.1) is 48.6 Å². The molecule has 200 valence electrons. The minimum absolute atomic E-state index is 0.108. The fourth-order valence-corrected chi connectivity index (χ4v) is 5.17. The molecule has 0 unspecified atom stereocenters. The van der Waals surface area contributed by atoms with Gasteiger partial charge in [0, 0.05) is 41.2 Å². The largest absolute Gasteiger partial charge is 0.495 e. The first-order valence-corrected chi connectivity index (χ1v) is 13.1. The predicted octanol–water partition coefficient (Wildman–Crippen LogP) is 5.07. The van der Waals surface area contributed by atoms with E-state index in [-0.39, 0.29) is 18.0 Å². The Balaban J connectivity index is 1.54. The number of fused-ring (bicyclic) bond motifs is 1. The third-order valence-corrected chi connectivity index (χ3v) is 7.42. The summed E-state index contributed by atoms with van der Waals surface area (Å²) in [5.41, 5.74) is 1.09. The molecule has 1 saturated heterocycles. The number of rotatable bonds is 9. The fraction of sp³-hybridized carbons (Fsp3) is 0.370. The van der Waals surface area contributed by atoms with E-state index in [2.05, 4.69) is 27.5 Å². The molecule has 1 aliphatic heterocycles. The first kappa shape index (κ1) is 26.3. The molecule has 1 aliphatic carbocycles. The molecule has 38 heavy (non-hydrogen) atoms. The highest BCUT2D eigenvalue weighted by molar-refractivity contribution is 6.41.